The smallest absolute Gasteiger partial charge is 0.307 e. The Morgan fingerprint density at radius 2 is 1.92 bits per heavy atom. The number of carbonyl (C=O) groups is 2. The Bertz CT molecular complexity index is 566. The number of carbonyl (C=O) groups excluding carboxylic acids is 2. The van der Waals surface area contributed by atoms with Gasteiger partial charge in [-0.2, -0.15) is 0 Å². The molecule has 2 aliphatic rings. The van der Waals surface area contributed by atoms with E-state index in [9.17, 15) is 9.59 Å². The van der Waals surface area contributed by atoms with Crippen LogP contribution in [-0.4, -0.2) is 38.6 Å². The lowest BCUT2D eigenvalue weighted by Gasteiger charge is -2.53. The highest BCUT2D eigenvalue weighted by atomic mass is 35.5. The van der Waals surface area contributed by atoms with Crippen molar-refractivity contribution < 1.29 is 14.3 Å². The van der Waals surface area contributed by atoms with Crippen LogP contribution in [0.4, 0.5) is 0 Å². The molecule has 2 N–H and O–H groups in total. The lowest BCUT2D eigenvalue weighted by Crippen LogP contribution is -2.62. The van der Waals surface area contributed by atoms with E-state index in [1.54, 1.807) is 18.2 Å². The van der Waals surface area contributed by atoms with Crippen molar-refractivity contribution in [1.82, 2.24) is 10.6 Å². The molecule has 0 bridgehead atoms. The summed E-state index contributed by atoms with van der Waals surface area (Å²) in [7, 11) is 1.35. The molecule has 0 unspecified atom stereocenters. The number of methoxy groups -OCH3 is 1. The van der Waals surface area contributed by atoms with Crippen molar-refractivity contribution in [2.45, 2.75) is 19.3 Å². The molecule has 1 aliphatic heterocycles. The number of halogens is 2. The van der Waals surface area contributed by atoms with Crippen molar-refractivity contribution in [3.63, 3.8) is 0 Å². The zero-order valence-electron chi connectivity index (χ0n) is 13.6. The van der Waals surface area contributed by atoms with E-state index in [0.29, 0.717) is 22.0 Å². The second-order valence-electron chi connectivity index (χ2n) is 6.27. The standard InChI is InChI=1S/C11H18N2O3.C6H4Cl2/c1-16-9(14)2-3-13-10(15)8-4-11(5-8)6-12-7-11;7-5-2-1-3-6(8)4-5/h8,12H,2-7H2,1H3,(H,13,15);1-4H. The molecule has 1 spiro atoms. The summed E-state index contributed by atoms with van der Waals surface area (Å²) in [5.41, 5.74) is 0.421. The number of nitrogens with one attached hydrogen (secondary N) is 2. The Morgan fingerprint density at radius 3 is 2.33 bits per heavy atom. The molecular formula is C17H22Cl2N2O3. The molecule has 1 aliphatic carbocycles. The van der Waals surface area contributed by atoms with E-state index in [2.05, 4.69) is 15.4 Å². The average molecular weight is 373 g/mol. The normalized spacial score (nSPS) is 17.8. The number of ether oxygens (including phenoxy) is 1. The van der Waals surface area contributed by atoms with E-state index in [4.69, 9.17) is 23.2 Å². The van der Waals surface area contributed by atoms with Gasteiger partial charge in [-0.1, -0.05) is 29.3 Å². The minimum atomic E-state index is -0.284. The number of benzene rings is 1. The maximum absolute atomic E-state index is 11.6. The number of hydrogen-bond donors (Lipinski definition) is 2. The van der Waals surface area contributed by atoms with Crippen molar-refractivity contribution in [2.24, 2.45) is 11.3 Å². The molecule has 1 aromatic carbocycles. The number of amides is 1. The first-order valence-electron chi connectivity index (χ1n) is 7.90. The van der Waals surface area contributed by atoms with Gasteiger partial charge in [-0.3, -0.25) is 9.59 Å². The van der Waals surface area contributed by atoms with E-state index in [1.165, 1.54) is 7.11 Å². The monoisotopic (exact) mass is 372 g/mol. The minimum Gasteiger partial charge on any atom is -0.469 e. The van der Waals surface area contributed by atoms with Crippen molar-refractivity contribution in [3.8, 4) is 0 Å². The molecule has 24 heavy (non-hydrogen) atoms. The van der Waals surface area contributed by atoms with Crippen LogP contribution in [0.15, 0.2) is 24.3 Å². The quantitative estimate of drug-likeness (QED) is 0.797. The van der Waals surface area contributed by atoms with E-state index < -0.39 is 0 Å². The second kappa shape index (κ2) is 8.70. The van der Waals surface area contributed by atoms with Gasteiger partial charge >= 0.3 is 5.97 Å². The summed E-state index contributed by atoms with van der Waals surface area (Å²) in [6, 6.07) is 7.08. The molecule has 3 rings (SSSR count). The van der Waals surface area contributed by atoms with Crippen molar-refractivity contribution in [1.29, 1.82) is 0 Å². The van der Waals surface area contributed by atoms with Crippen LogP contribution in [0.25, 0.3) is 0 Å². The van der Waals surface area contributed by atoms with Gasteiger partial charge in [-0.25, -0.2) is 0 Å². The highest BCUT2D eigenvalue weighted by Gasteiger charge is 2.50. The third-order valence-electron chi connectivity index (χ3n) is 4.37. The van der Waals surface area contributed by atoms with E-state index >= 15 is 0 Å². The van der Waals surface area contributed by atoms with Crippen molar-refractivity contribution >= 4 is 35.1 Å². The van der Waals surface area contributed by atoms with Crippen LogP contribution in [0.5, 0.6) is 0 Å². The molecule has 7 heteroatoms. The van der Waals surface area contributed by atoms with Gasteiger partial charge in [0.2, 0.25) is 5.91 Å². The van der Waals surface area contributed by atoms with Crippen LogP contribution in [-0.2, 0) is 14.3 Å². The Labute approximate surface area is 152 Å². The number of esters is 1. The first-order chi connectivity index (χ1) is 11.4. The molecular weight excluding hydrogens is 351 g/mol. The number of hydrogen-bond acceptors (Lipinski definition) is 4. The molecule has 2 fully saturated rings. The largest absolute Gasteiger partial charge is 0.469 e. The molecule has 132 valence electrons. The third-order valence-corrected chi connectivity index (χ3v) is 4.84. The predicted molar refractivity (Wildman–Crippen MR) is 94.1 cm³/mol. The zero-order chi connectivity index (χ0) is 17.6. The predicted octanol–water partition coefficient (Wildman–Crippen LogP) is 2.66. The van der Waals surface area contributed by atoms with Gasteiger partial charge in [-0.15, -0.1) is 0 Å². The molecule has 0 aromatic heterocycles. The summed E-state index contributed by atoms with van der Waals surface area (Å²) >= 11 is 11.1. The lowest BCUT2D eigenvalue weighted by molar-refractivity contribution is -0.140. The second-order valence-corrected chi connectivity index (χ2v) is 7.14. The summed E-state index contributed by atoms with van der Waals surface area (Å²) in [5.74, 6) is -0.0465. The van der Waals surface area contributed by atoms with E-state index in [1.807, 2.05) is 6.07 Å². The van der Waals surface area contributed by atoms with Crippen LogP contribution >= 0.6 is 23.2 Å². The minimum absolute atomic E-state index is 0.0847. The number of rotatable bonds is 4. The summed E-state index contributed by atoms with van der Waals surface area (Å²) in [6.07, 6.45) is 2.23. The van der Waals surface area contributed by atoms with Gasteiger partial charge < -0.3 is 15.4 Å². The Balaban J connectivity index is 0.000000219. The fourth-order valence-electron chi connectivity index (χ4n) is 2.93. The molecule has 5 nitrogen and oxygen atoms in total. The van der Waals surface area contributed by atoms with E-state index in [0.717, 1.165) is 25.9 Å². The first kappa shape index (κ1) is 19.0. The van der Waals surface area contributed by atoms with Gasteiger partial charge in [0.05, 0.1) is 13.5 Å². The average Bonchev–Trinajstić information content (AvgIpc) is 2.44. The molecule has 1 aromatic rings. The zero-order valence-corrected chi connectivity index (χ0v) is 15.1. The summed E-state index contributed by atoms with van der Waals surface area (Å²) in [5, 5.41) is 7.37. The molecule has 1 saturated heterocycles. The Morgan fingerprint density at radius 1 is 1.29 bits per heavy atom. The molecule has 1 amide bonds. The molecule has 0 radical (unpaired) electrons. The van der Waals surface area contributed by atoms with Gasteiger partial charge in [0.25, 0.3) is 0 Å². The summed E-state index contributed by atoms with van der Waals surface area (Å²) < 4.78 is 4.49. The van der Waals surface area contributed by atoms with Gasteiger partial charge in [0.1, 0.15) is 0 Å². The highest BCUT2D eigenvalue weighted by Crippen LogP contribution is 2.48. The maximum Gasteiger partial charge on any atom is 0.307 e. The fraction of sp³-hybridized carbons (Fsp3) is 0.529. The van der Waals surface area contributed by atoms with Crippen LogP contribution in [0.2, 0.25) is 10.0 Å². The SMILES string of the molecule is COC(=O)CCNC(=O)C1CC2(CNC2)C1.Clc1cccc(Cl)c1. The van der Waals surface area contributed by atoms with Crippen LogP contribution in [0.3, 0.4) is 0 Å². The van der Waals surface area contributed by atoms with Gasteiger partial charge in [0.15, 0.2) is 0 Å². The van der Waals surface area contributed by atoms with Crippen molar-refractivity contribution in [3.05, 3.63) is 34.3 Å². The Hall–Kier alpha value is -1.30. The third kappa shape index (κ3) is 5.36. The van der Waals surface area contributed by atoms with E-state index in [-0.39, 0.29) is 24.2 Å². The fourth-order valence-corrected chi connectivity index (χ4v) is 3.37. The summed E-state index contributed by atoms with van der Waals surface area (Å²) in [4.78, 5) is 22.5. The summed E-state index contributed by atoms with van der Waals surface area (Å²) in [6.45, 7) is 2.49. The molecule has 1 saturated carbocycles. The van der Waals surface area contributed by atoms with Crippen molar-refractivity contribution in [2.75, 3.05) is 26.7 Å². The molecule has 0 atom stereocenters. The molecule has 1 heterocycles. The van der Waals surface area contributed by atoms with Gasteiger partial charge in [0, 0.05) is 35.6 Å². The lowest BCUT2D eigenvalue weighted by atomic mass is 9.58. The first-order valence-corrected chi connectivity index (χ1v) is 8.66. The van der Waals surface area contributed by atoms with Crippen LogP contribution in [0, 0.1) is 11.3 Å². The highest BCUT2D eigenvalue weighted by molar-refractivity contribution is 6.34. The van der Waals surface area contributed by atoms with Gasteiger partial charge in [-0.05, 0) is 36.5 Å². The van der Waals surface area contributed by atoms with Crippen LogP contribution < -0.4 is 10.6 Å². The Kier molecular flexibility index (Phi) is 6.90. The van der Waals surface area contributed by atoms with Crippen LogP contribution in [0.1, 0.15) is 19.3 Å². The maximum atomic E-state index is 11.6. The topological polar surface area (TPSA) is 67.4 Å².